The van der Waals surface area contributed by atoms with E-state index < -0.39 is 9.84 Å². The van der Waals surface area contributed by atoms with Gasteiger partial charge in [0.15, 0.2) is 0 Å². The van der Waals surface area contributed by atoms with E-state index in [0.29, 0.717) is 12.8 Å². The van der Waals surface area contributed by atoms with Crippen LogP contribution < -0.4 is 5.32 Å². The maximum absolute atomic E-state index is 12.5. The second kappa shape index (κ2) is 5.57. The highest BCUT2D eigenvalue weighted by atomic mass is 32.2. The monoisotopic (exact) mass is 322 g/mol. The normalized spacial score (nSPS) is 27.7. The zero-order valence-electron chi connectivity index (χ0n) is 13.0. The molecule has 2 atom stereocenters. The average Bonchev–Trinajstić information content (AvgIpc) is 2.70. The maximum atomic E-state index is 12.5. The van der Waals surface area contributed by atoms with E-state index in [0.717, 1.165) is 24.1 Å². The third-order valence-corrected chi connectivity index (χ3v) is 6.43. The molecule has 2 heterocycles. The van der Waals surface area contributed by atoms with Crippen LogP contribution >= 0.6 is 0 Å². The first-order valence-corrected chi connectivity index (χ1v) is 9.65. The lowest BCUT2D eigenvalue weighted by molar-refractivity contribution is 0.160. The minimum absolute atomic E-state index is 0.0453. The second-order valence-electron chi connectivity index (χ2n) is 6.51. The molecule has 120 valence electrons. The number of piperidine rings is 1. The van der Waals surface area contributed by atoms with Crippen LogP contribution in [0.3, 0.4) is 0 Å². The van der Waals surface area contributed by atoms with Gasteiger partial charge in [0, 0.05) is 24.0 Å². The van der Waals surface area contributed by atoms with Crippen molar-refractivity contribution in [1.29, 1.82) is 0 Å². The van der Waals surface area contributed by atoms with Gasteiger partial charge in [-0.05, 0) is 44.7 Å². The summed E-state index contributed by atoms with van der Waals surface area (Å²) in [6.07, 6.45) is 4.24. The van der Waals surface area contributed by atoms with Gasteiger partial charge in [-0.25, -0.2) is 13.2 Å². The number of benzene rings is 1. The number of sulfone groups is 1. The number of rotatable bonds is 2. The molecule has 0 spiro atoms. The molecule has 2 unspecified atom stereocenters. The fourth-order valence-corrected chi connectivity index (χ4v) is 4.78. The molecule has 2 fully saturated rings. The molecule has 2 aliphatic heterocycles. The van der Waals surface area contributed by atoms with E-state index in [2.05, 4.69) is 5.32 Å². The van der Waals surface area contributed by atoms with E-state index in [1.165, 1.54) is 6.26 Å². The Morgan fingerprint density at radius 1 is 1.14 bits per heavy atom. The zero-order valence-corrected chi connectivity index (χ0v) is 13.8. The molecule has 0 radical (unpaired) electrons. The van der Waals surface area contributed by atoms with E-state index in [-0.39, 0.29) is 23.4 Å². The van der Waals surface area contributed by atoms with Gasteiger partial charge in [0.1, 0.15) is 9.84 Å². The summed E-state index contributed by atoms with van der Waals surface area (Å²) < 4.78 is 23.6. The molecule has 3 rings (SSSR count). The molecule has 0 aromatic heterocycles. The van der Waals surface area contributed by atoms with Gasteiger partial charge < -0.3 is 10.2 Å². The fourth-order valence-electron chi connectivity index (χ4n) is 3.63. The predicted octanol–water partition coefficient (Wildman–Crippen LogP) is 2.57. The van der Waals surface area contributed by atoms with Crippen LogP contribution in [0.25, 0.3) is 0 Å². The highest BCUT2D eigenvalue weighted by molar-refractivity contribution is 7.91. The number of anilines is 1. The number of amides is 2. The summed E-state index contributed by atoms with van der Waals surface area (Å²) in [5.74, 6) is 0. The van der Waals surface area contributed by atoms with Crippen LogP contribution in [0, 0.1) is 6.92 Å². The van der Waals surface area contributed by atoms with Crippen LogP contribution in [0.2, 0.25) is 0 Å². The number of carbonyl (C=O) groups is 1. The Kier molecular flexibility index (Phi) is 3.89. The molecule has 2 saturated heterocycles. The quantitative estimate of drug-likeness (QED) is 0.910. The predicted molar refractivity (Wildman–Crippen MR) is 86.7 cm³/mol. The Morgan fingerprint density at radius 2 is 1.68 bits per heavy atom. The van der Waals surface area contributed by atoms with Crippen LogP contribution in [0.5, 0.6) is 0 Å². The van der Waals surface area contributed by atoms with Crippen LogP contribution in [0.4, 0.5) is 10.5 Å². The van der Waals surface area contributed by atoms with Crippen molar-refractivity contribution in [2.75, 3.05) is 11.6 Å². The van der Waals surface area contributed by atoms with Crippen LogP contribution in [-0.2, 0) is 9.84 Å². The van der Waals surface area contributed by atoms with Crippen molar-refractivity contribution >= 4 is 21.6 Å². The number of carbonyl (C=O) groups excluding carboxylic acids is 1. The van der Waals surface area contributed by atoms with E-state index in [1.54, 1.807) is 0 Å². The largest absolute Gasteiger partial charge is 0.322 e. The summed E-state index contributed by atoms with van der Waals surface area (Å²) in [6.45, 7) is 2.00. The molecular formula is C16H22N2O3S. The Balaban J connectivity index is 1.71. The molecule has 1 aromatic carbocycles. The van der Waals surface area contributed by atoms with Crippen molar-refractivity contribution in [3.63, 3.8) is 0 Å². The van der Waals surface area contributed by atoms with Crippen LogP contribution in [0.15, 0.2) is 24.3 Å². The van der Waals surface area contributed by atoms with E-state index in [1.807, 2.05) is 36.1 Å². The first kappa shape index (κ1) is 15.3. The number of aryl methyl sites for hydroxylation is 1. The first-order chi connectivity index (χ1) is 10.3. The molecule has 5 nitrogen and oxygen atoms in total. The highest BCUT2D eigenvalue weighted by Crippen LogP contribution is 2.38. The van der Waals surface area contributed by atoms with E-state index in [9.17, 15) is 13.2 Å². The standard InChI is InChI=1S/C16H22N2O3S/c1-11-3-5-12(6-4-11)17-16(19)18-13-7-8-14(18)10-15(9-13)22(2,20)21/h3-6,13-15H,7-10H2,1-2H3,(H,17,19). The molecule has 6 heteroatoms. The van der Waals surface area contributed by atoms with Gasteiger partial charge in [-0.1, -0.05) is 17.7 Å². The van der Waals surface area contributed by atoms with Crippen LogP contribution in [0.1, 0.15) is 31.2 Å². The smallest absolute Gasteiger partial charge is 0.318 e. The second-order valence-corrected chi connectivity index (χ2v) is 8.84. The van der Waals surface area contributed by atoms with Crippen molar-refractivity contribution in [3.8, 4) is 0 Å². The Hall–Kier alpha value is -1.56. The summed E-state index contributed by atoms with van der Waals surface area (Å²) >= 11 is 0. The summed E-state index contributed by atoms with van der Waals surface area (Å²) in [7, 11) is -3.02. The van der Waals surface area contributed by atoms with Crippen molar-refractivity contribution in [1.82, 2.24) is 4.90 Å². The fraction of sp³-hybridized carbons (Fsp3) is 0.562. The van der Waals surface area contributed by atoms with E-state index >= 15 is 0 Å². The molecule has 1 aromatic rings. The molecule has 22 heavy (non-hydrogen) atoms. The van der Waals surface area contributed by atoms with Gasteiger partial charge in [0.25, 0.3) is 0 Å². The van der Waals surface area contributed by atoms with Crippen molar-refractivity contribution in [2.45, 2.75) is 49.9 Å². The van der Waals surface area contributed by atoms with Crippen molar-refractivity contribution in [3.05, 3.63) is 29.8 Å². The third-order valence-electron chi connectivity index (χ3n) is 4.83. The summed E-state index contributed by atoms with van der Waals surface area (Å²) in [4.78, 5) is 14.4. The minimum atomic E-state index is -3.02. The molecular weight excluding hydrogens is 300 g/mol. The van der Waals surface area contributed by atoms with Gasteiger partial charge in [0.05, 0.1) is 5.25 Å². The lowest BCUT2D eigenvalue weighted by Gasteiger charge is -2.38. The number of fused-ring (bicyclic) bond motifs is 2. The molecule has 0 saturated carbocycles. The zero-order chi connectivity index (χ0) is 15.9. The Labute approximate surface area is 131 Å². The van der Waals surface area contributed by atoms with Gasteiger partial charge in [-0.2, -0.15) is 0 Å². The van der Waals surface area contributed by atoms with E-state index in [4.69, 9.17) is 0 Å². The van der Waals surface area contributed by atoms with Gasteiger partial charge in [-0.15, -0.1) is 0 Å². The third kappa shape index (κ3) is 2.97. The number of hydrogen-bond acceptors (Lipinski definition) is 3. The average molecular weight is 322 g/mol. The summed E-state index contributed by atoms with van der Waals surface area (Å²) in [5, 5.41) is 2.63. The minimum Gasteiger partial charge on any atom is -0.318 e. The molecule has 0 aliphatic carbocycles. The Morgan fingerprint density at radius 3 is 2.18 bits per heavy atom. The SMILES string of the molecule is Cc1ccc(NC(=O)N2C3CCC2CC(S(C)(=O)=O)C3)cc1. The molecule has 2 amide bonds. The molecule has 1 N–H and O–H groups in total. The summed E-state index contributed by atoms with van der Waals surface area (Å²) in [6, 6.07) is 7.67. The van der Waals surface area contributed by atoms with Gasteiger partial charge in [0.2, 0.25) is 0 Å². The summed E-state index contributed by atoms with van der Waals surface area (Å²) in [5.41, 5.74) is 1.92. The molecule has 2 aliphatic rings. The number of nitrogens with zero attached hydrogens (tertiary/aromatic N) is 1. The van der Waals surface area contributed by atoms with Crippen molar-refractivity contribution < 1.29 is 13.2 Å². The van der Waals surface area contributed by atoms with Crippen LogP contribution in [-0.4, -0.2) is 42.9 Å². The molecule has 2 bridgehead atoms. The highest BCUT2D eigenvalue weighted by Gasteiger charge is 2.45. The maximum Gasteiger partial charge on any atom is 0.322 e. The first-order valence-electron chi connectivity index (χ1n) is 7.69. The van der Waals surface area contributed by atoms with Gasteiger partial charge in [-0.3, -0.25) is 0 Å². The topological polar surface area (TPSA) is 66.5 Å². The van der Waals surface area contributed by atoms with Gasteiger partial charge >= 0.3 is 6.03 Å². The lowest BCUT2D eigenvalue weighted by Crippen LogP contribution is -2.51. The van der Waals surface area contributed by atoms with Crippen molar-refractivity contribution in [2.24, 2.45) is 0 Å². The Bertz CT molecular complexity index is 655. The number of nitrogens with one attached hydrogen (secondary N) is 1. The number of hydrogen-bond donors (Lipinski definition) is 1. The lowest BCUT2D eigenvalue weighted by atomic mass is 10.0. The number of urea groups is 1.